The third kappa shape index (κ3) is 5.40. The van der Waals surface area contributed by atoms with Crippen LogP contribution in [0.3, 0.4) is 0 Å². The van der Waals surface area contributed by atoms with Gasteiger partial charge in [-0.2, -0.15) is 0 Å². The van der Waals surface area contributed by atoms with Gasteiger partial charge in [0.2, 0.25) is 5.43 Å². The van der Waals surface area contributed by atoms with Crippen LogP contribution in [-0.2, 0) is 19.1 Å². The summed E-state index contributed by atoms with van der Waals surface area (Å²) in [6, 6.07) is 5.11. The lowest BCUT2D eigenvalue weighted by Gasteiger charge is -2.10. The summed E-state index contributed by atoms with van der Waals surface area (Å²) in [6.45, 7) is 5.29. The molecule has 30 heavy (non-hydrogen) atoms. The van der Waals surface area contributed by atoms with Gasteiger partial charge in [-0.1, -0.05) is 13.0 Å². The van der Waals surface area contributed by atoms with Crippen molar-refractivity contribution in [2.24, 2.45) is 0 Å². The zero-order chi connectivity index (χ0) is 22.4. The lowest BCUT2D eigenvalue weighted by Crippen LogP contribution is -2.13. The minimum absolute atomic E-state index is 0.0548. The average Bonchev–Trinajstić information content (AvgIpc) is 2.78. The standard InChI is InChI=1S/C21H20O9/c1-5-8-27-21(26)15-9-14-6-7-16(28-11(2)22)20(30-13(4)24)18(14)19(25)17(10-15)29-12(3)23/h6-7,9-10H,5,8H2,1-4H3. The monoisotopic (exact) mass is 416 g/mol. The fraction of sp³-hybridized carbons (Fsp3) is 0.286. The Morgan fingerprint density at radius 1 is 0.833 bits per heavy atom. The predicted molar refractivity (Wildman–Crippen MR) is 105 cm³/mol. The van der Waals surface area contributed by atoms with E-state index in [9.17, 15) is 24.0 Å². The van der Waals surface area contributed by atoms with E-state index in [1.807, 2.05) is 6.92 Å². The molecule has 0 aromatic heterocycles. The average molecular weight is 416 g/mol. The molecule has 2 aromatic carbocycles. The van der Waals surface area contributed by atoms with E-state index in [1.165, 1.54) is 18.2 Å². The van der Waals surface area contributed by atoms with Crippen LogP contribution in [0.25, 0.3) is 10.8 Å². The first-order valence-electron chi connectivity index (χ1n) is 9.01. The highest BCUT2D eigenvalue weighted by Gasteiger charge is 2.21. The summed E-state index contributed by atoms with van der Waals surface area (Å²) < 4.78 is 20.3. The van der Waals surface area contributed by atoms with E-state index < -0.39 is 35.1 Å². The largest absolute Gasteiger partial charge is 0.462 e. The SMILES string of the molecule is CCCOC(=O)c1cc(OC(C)=O)c(=O)c2c(OC(C)=O)c(OC(C)=O)ccc2c1. The van der Waals surface area contributed by atoms with E-state index in [0.717, 1.165) is 26.8 Å². The molecule has 0 aliphatic rings. The molecule has 0 aliphatic carbocycles. The lowest BCUT2D eigenvalue weighted by atomic mass is 10.1. The zero-order valence-electron chi connectivity index (χ0n) is 16.9. The molecule has 0 radical (unpaired) electrons. The molecule has 0 bridgehead atoms. The smallest absolute Gasteiger partial charge is 0.338 e. The number of carbonyl (C=O) groups is 4. The van der Waals surface area contributed by atoms with Gasteiger partial charge >= 0.3 is 23.9 Å². The number of hydrogen-bond acceptors (Lipinski definition) is 9. The first kappa shape index (κ1) is 22.5. The molecule has 2 aromatic rings. The molecule has 0 aliphatic heterocycles. The summed E-state index contributed by atoms with van der Waals surface area (Å²) in [5.41, 5.74) is -0.902. The van der Waals surface area contributed by atoms with Crippen molar-refractivity contribution in [1.82, 2.24) is 0 Å². The second kappa shape index (κ2) is 9.64. The molecular formula is C21H20O9. The van der Waals surface area contributed by atoms with Crippen LogP contribution in [0.2, 0.25) is 0 Å². The Morgan fingerprint density at radius 2 is 1.43 bits per heavy atom. The topological polar surface area (TPSA) is 122 Å². The Bertz CT molecular complexity index is 1090. The second-order valence-electron chi connectivity index (χ2n) is 6.21. The quantitative estimate of drug-likeness (QED) is 0.516. The van der Waals surface area contributed by atoms with E-state index in [2.05, 4.69) is 0 Å². The molecule has 0 heterocycles. The lowest BCUT2D eigenvalue weighted by molar-refractivity contribution is -0.134. The highest BCUT2D eigenvalue weighted by Crippen LogP contribution is 2.35. The van der Waals surface area contributed by atoms with Crippen LogP contribution in [0, 0.1) is 0 Å². The van der Waals surface area contributed by atoms with E-state index in [-0.39, 0.29) is 34.4 Å². The first-order chi connectivity index (χ1) is 14.1. The maximum atomic E-state index is 13.1. The van der Waals surface area contributed by atoms with Crippen LogP contribution in [0.15, 0.2) is 29.1 Å². The first-order valence-corrected chi connectivity index (χ1v) is 9.01. The van der Waals surface area contributed by atoms with E-state index in [1.54, 1.807) is 0 Å². The van der Waals surface area contributed by atoms with Crippen molar-refractivity contribution < 1.29 is 38.1 Å². The van der Waals surface area contributed by atoms with Gasteiger partial charge in [0, 0.05) is 20.8 Å². The normalized spacial score (nSPS) is 10.3. The molecule has 0 N–H and O–H groups in total. The summed E-state index contributed by atoms with van der Waals surface area (Å²) in [7, 11) is 0. The molecule has 158 valence electrons. The Morgan fingerprint density at radius 3 is 2.00 bits per heavy atom. The van der Waals surface area contributed by atoms with E-state index in [4.69, 9.17) is 18.9 Å². The molecule has 0 amide bonds. The molecule has 0 atom stereocenters. The third-order valence-electron chi connectivity index (χ3n) is 3.63. The van der Waals surface area contributed by atoms with Crippen LogP contribution >= 0.6 is 0 Å². The van der Waals surface area contributed by atoms with Crippen molar-refractivity contribution in [1.29, 1.82) is 0 Å². The molecule has 9 nitrogen and oxygen atoms in total. The van der Waals surface area contributed by atoms with Crippen molar-refractivity contribution in [3.8, 4) is 17.2 Å². The van der Waals surface area contributed by atoms with Gasteiger partial charge in [-0.15, -0.1) is 0 Å². The minimum Gasteiger partial charge on any atom is -0.462 e. The minimum atomic E-state index is -0.847. The van der Waals surface area contributed by atoms with Gasteiger partial charge < -0.3 is 18.9 Å². The van der Waals surface area contributed by atoms with Gasteiger partial charge in [0.05, 0.1) is 17.6 Å². The van der Waals surface area contributed by atoms with Crippen molar-refractivity contribution in [3.05, 3.63) is 40.1 Å². The van der Waals surface area contributed by atoms with Crippen LogP contribution in [0.1, 0.15) is 44.5 Å². The molecular weight excluding hydrogens is 396 g/mol. The van der Waals surface area contributed by atoms with Crippen LogP contribution < -0.4 is 19.6 Å². The molecule has 0 saturated heterocycles. The number of rotatable bonds is 6. The number of ether oxygens (including phenoxy) is 4. The Balaban J connectivity index is 2.92. The third-order valence-corrected chi connectivity index (χ3v) is 3.63. The number of hydrogen-bond donors (Lipinski definition) is 0. The van der Waals surface area contributed by atoms with E-state index >= 15 is 0 Å². The molecule has 0 saturated carbocycles. The second-order valence-corrected chi connectivity index (χ2v) is 6.21. The van der Waals surface area contributed by atoms with Gasteiger partial charge in [0.1, 0.15) is 0 Å². The highest BCUT2D eigenvalue weighted by atomic mass is 16.6. The molecule has 0 unspecified atom stereocenters. The summed E-state index contributed by atoms with van der Waals surface area (Å²) >= 11 is 0. The Hall–Kier alpha value is -3.75. The van der Waals surface area contributed by atoms with Crippen LogP contribution in [0.4, 0.5) is 0 Å². The predicted octanol–water partition coefficient (Wildman–Crippen LogP) is 2.54. The van der Waals surface area contributed by atoms with E-state index in [0.29, 0.717) is 6.42 Å². The zero-order valence-corrected chi connectivity index (χ0v) is 16.9. The molecule has 0 spiro atoms. The van der Waals surface area contributed by atoms with Gasteiger partial charge in [-0.25, -0.2) is 4.79 Å². The van der Waals surface area contributed by atoms with Gasteiger partial charge in [0.15, 0.2) is 17.2 Å². The Kier molecular flexibility index (Phi) is 7.24. The fourth-order valence-electron chi connectivity index (χ4n) is 2.58. The summed E-state index contributed by atoms with van der Waals surface area (Å²) in [4.78, 5) is 60.1. The molecule has 9 heteroatoms. The van der Waals surface area contributed by atoms with Gasteiger partial charge in [-0.05, 0) is 30.0 Å². The molecule has 0 fully saturated rings. The maximum absolute atomic E-state index is 13.1. The van der Waals surface area contributed by atoms with Crippen molar-refractivity contribution in [2.45, 2.75) is 34.1 Å². The molecule has 2 rings (SSSR count). The van der Waals surface area contributed by atoms with Crippen molar-refractivity contribution in [3.63, 3.8) is 0 Å². The highest BCUT2D eigenvalue weighted by molar-refractivity contribution is 5.99. The van der Waals surface area contributed by atoms with Crippen molar-refractivity contribution in [2.75, 3.05) is 6.61 Å². The summed E-state index contributed by atoms with van der Waals surface area (Å²) in [6.07, 6.45) is 0.581. The summed E-state index contributed by atoms with van der Waals surface area (Å²) in [5, 5.41) is -0.0382. The fourth-order valence-corrected chi connectivity index (χ4v) is 2.58. The number of esters is 4. The number of fused-ring (bicyclic) bond motifs is 1. The van der Waals surface area contributed by atoms with Crippen LogP contribution in [0.5, 0.6) is 17.2 Å². The Labute approximate surface area is 171 Å². The number of benzene rings is 1. The van der Waals surface area contributed by atoms with Crippen LogP contribution in [-0.4, -0.2) is 30.5 Å². The van der Waals surface area contributed by atoms with Gasteiger partial charge in [-0.3, -0.25) is 19.2 Å². The number of carbonyl (C=O) groups excluding carboxylic acids is 4. The van der Waals surface area contributed by atoms with Crippen molar-refractivity contribution >= 4 is 34.6 Å². The van der Waals surface area contributed by atoms with Gasteiger partial charge in [0.25, 0.3) is 0 Å². The maximum Gasteiger partial charge on any atom is 0.338 e. The summed E-state index contributed by atoms with van der Waals surface area (Å²) in [5.74, 6) is -4.02.